The molecule has 0 saturated heterocycles. The summed E-state index contributed by atoms with van der Waals surface area (Å²) in [6.45, 7) is 2.23. The molecule has 0 saturated carbocycles. The fraction of sp³-hybridized carbons (Fsp3) is 0.222. The number of rotatable bonds is 1. The van der Waals surface area contributed by atoms with Gasteiger partial charge in [0.2, 0.25) is 0 Å². The molecule has 0 unspecified atom stereocenters. The van der Waals surface area contributed by atoms with Crippen LogP contribution in [0.3, 0.4) is 0 Å². The van der Waals surface area contributed by atoms with E-state index in [9.17, 15) is 0 Å². The standard InChI is InChI=1S/C16H14.2CH4/c1-2-14-15-9-5-3-7-12(15)11-13-8-4-6-10-16(13)14;;/h3-11H,2H2,1H3;2*1H4. The lowest BCUT2D eigenvalue weighted by Gasteiger charge is -2.09. The van der Waals surface area contributed by atoms with Gasteiger partial charge in [0.25, 0.3) is 0 Å². The first-order valence-corrected chi connectivity index (χ1v) is 5.79. The van der Waals surface area contributed by atoms with E-state index in [2.05, 4.69) is 61.5 Å². The molecular weight excluding hydrogens is 216 g/mol. The molecule has 18 heavy (non-hydrogen) atoms. The zero-order valence-electron chi connectivity index (χ0n) is 9.40. The Labute approximate surface area is 110 Å². The predicted octanol–water partition coefficient (Wildman–Crippen LogP) is 5.83. The number of fused-ring (bicyclic) bond motifs is 2. The van der Waals surface area contributed by atoms with Crippen molar-refractivity contribution in [2.75, 3.05) is 0 Å². The molecule has 0 aromatic heterocycles. The molecule has 0 spiro atoms. The van der Waals surface area contributed by atoms with Crippen molar-refractivity contribution in [2.24, 2.45) is 0 Å². The van der Waals surface area contributed by atoms with Crippen molar-refractivity contribution in [1.29, 1.82) is 0 Å². The van der Waals surface area contributed by atoms with Crippen LogP contribution in [0.25, 0.3) is 21.5 Å². The van der Waals surface area contributed by atoms with E-state index < -0.39 is 0 Å². The van der Waals surface area contributed by atoms with Crippen molar-refractivity contribution < 1.29 is 0 Å². The third-order valence-electron chi connectivity index (χ3n) is 3.24. The van der Waals surface area contributed by atoms with Gasteiger partial charge < -0.3 is 0 Å². The Hall–Kier alpha value is -1.82. The van der Waals surface area contributed by atoms with Crippen molar-refractivity contribution in [2.45, 2.75) is 28.2 Å². The molecule has 0 amide bonds. The molecule has 0 radical (unpaired) electrons. The molecule has 0 aliphatic heterocycles. The molecule has 0 fully saturated rings. The van der Waals surface area contributed by atoms with Crippen molar-refractivity contribution in [3.63, 3.8) is 0 Å². The van der Waals surface area contributed by atoms with E-state index in [-0.39, 0.29) is 14.9 Å². The molecule has 0 bridgehead atoms. The van der Waals surface area contributed by atoms with Gasteiger partial charge in [-0.25, -0.2) is 0 Å². The molecule has 3 rings (SSSR count). The summed E-state index contributed by atoms with van der Waals surface area (Å²) in [6, 6.07) is 19.6. The summed E-state index contributed by atoms with van der Waals surface area (Å²) in [5, 5.41) is 5.48. The van der Waals surface area contributed by atoms with Gasteiger partial charge in [-0.15, -0.1) is 0 Å². The SMILES string of the molecule is C.C.CCc1c2ccccc2cc2ccccc12. The van der Waals surface area contributed by atoms with Gasteiger partial charge in [0, 0.05) is 0 Å². The van der Waals surface area contributed by atoms with Crippen LogP contribution in [0.2, 0.25) is 0 Å². The fourth-order valence-corrected chi connectivity index (χ4v) is 2.49. The van der Waals surface area contributed by atoms with Crippen LogP contribution in [0.15, 0.2) is 54.6 Å². The van der Waals surface area contributed by atoms with E-state index in [4.69, 9.17) is 0 Å². The highest BCUT2D eigenvalue weighted by Crippen LogP contribution is 2.28. The van der Waals surface area contributed by atoms with Gasteiger partial charge in [0.05, 0.1) is 0 Å². The molecule has 0 aliphatic carbocycles. The second-order valence-electron chi connectivity index (χ2n) is 4.15. The van der Waals surface area contributed by atoms with E-state index in [1.165, 1.54) is 27.1 Å². The van der Waals surface area contributed by atoms with Crippen LogP contribution in [-0.4, -0.2) is 0 Å². The average molecular weight is 238 g/mol. The van der Waals surface area contributed by atoms with Gasteiger partial charge in [0.1, 0.15) is 0 Å². The van der Waals surface area contributed by atoms with Gasteiger partial charge in [0.15, 0.2) is 0 Å². The minimum absolute atomic E-state index is 0. The Morgan fingerprint density at radius 2 is 1.17 bits per heavy atom. The molecule has 0 atom stereocenters. The van der Waals surface area contributed by atoms with Crippen molar-refractivity contribution >= 4 is 21.5 Å². The highest BCUT2D eigenvalue weighted by atomic mass is 14.1. The molecule has 0 nitrogen and oxygen atoms in total. The van der Waals surface area contributed by atoms with Crippen LogP contribution in [0.5, 0.6) is 0 Å². The fourth-order valence-electron chi connectivity index (χ4n) is 2.49. The molecule has 0 heteroatoms. The summed E-state index contributed by atoms with van der Waals surface area (Å²) in [4.78, 5) is 0. The van der Waals surface area contributed by atoms with Gasteiger partial charge in [-0.05, 0) is 39.6 Å². The lowest BCUT2D eigenvalue weighted by atomic mass is 9.95. The molecule has 3 aromatic carbocycles. The quantitative estimate of drug-likeness (QED) is 0.468. The number of hydrogen-bond donors (Lipinski definition) is 0. The maximum absolute atomic E-state index is 2.28. The van der Waals surface area contributed by atoms with Gasteiger partial charge in [-0.1, -0.05) is 70.3 Å². The highest BCUT2D eigenvalue weighted by molar-refractivity contribution is 6.02. The highest BCUT2D eigenvalue weighted by Gasteiger charge is 2.04. The largest absolute Gasteiger partial charge is 0.0776 e. The zero-order valence-corrected chi connectivity index (χ0v) is 9.40. The maximum Gasteiger partial charge on any atom is -0.0146 e. The van der Waals surface area contributed by atoms with Crippen molar-refractivity contribution in [1.82, 2.24) is 0 Å². The monoisotopic (exact) mass is 238 g/mol. The molecule has 3 aromatic rings. The third kappa shape index (κ3) is 2.11. The van der Waals surface area contributed by atoms with Gasteiger partial charge in [-0.3, -0.25) is 0 Å². The van der Waals surface area contributed by atoms with E-state index in [1.807, 2.05) is 0 Å². The van der Waals surface area contributed by atoms with Crippen LogP contribution >= 0.6 is 0 Å². The summed E-state index contributed by atoms with van der Waals surface area (Å²) in [6.07, 6.45) is 1.09. The topological polar surface area (TPSA) is 0 Å². The van der Waals surface area contributed by atoms with E-state index in [0.29, 0.717) is 0 Å². The third-order valence-corrected chi connectivity index (χ3v) is 3.24. The first-order valence-electron chi connectivity index (χ1n) is 5.79. The van der Waals surface area contributed by atoms with Crippen LogP contribution in [0.4, 0.5) is 0 Å². The predicted molar refractivity (Wildman–Crippen MR) is 84.3 cm³/mol. The minimum atomic E-state index is 0. The Kier molecular flexibility index (Phi) is 4.49. The Bertz CT molecular complexity index is 596. The lowest BCUT2D eigenvalue weighted by Crippen LogP contribution is -1.86. The van der Waals surface area contributed by atoms with Crippen LogP contribution < -0.4 is 0 Å². The molecule has 0 aliphatic rings. The van der Waals surface area contributed by atoms with Gasteiger partial charge >= 0.3 is 0 Å². The molecular formula is C18H22. The van der Waals surface area contributed by atoms with Crippen molar-refractivity contribution in [3.05, 3.63) is 60.2 Å². The van der Waals surface area contributed by atoms with Crippen LogP contribution in [0.1, 0.15) is 27.3 Å². The summed E-state index contributed by atoms with van der Waals surface area (Å²) < 4.78 is 0. The summed E-state index contributed by atoms with van der Waals surface area (Å²) in [5.74, 6) is 0. The van der Waals surface area contributed by atoms with E-state index in [1.54, 1.807) is 0 Å². The van der Waals surface area contributed by atoms with E-state index in [0.717, 1.165) is 6.42 Å². The smallest absolute Gasteiger partial charge is 0.0146 e. The normalized spacial score (nSPS) is 9.83. The Morgan fingerprint density at radius 3 is 1.61 bits per heavy atom. The maximum atomic E-state index is 2.28. The lowest BCUT2D eigenvalue weighted by molar-refractivity contribution is 1.18. The zero-order chi connectivity index (χ0) is 11.0. The number of benzene rings is 3. The second-order valence-corrected chi connectivity index (χ2v) is 4.15. The Balaban J connectivity index is 0.000000810. The molecule has 94 valence electrons. The molecule has 0 N–H and O–H groups in total. The summed E-state index contributed by atoms with van der Waals surface area (Å²) in [5.41, 5.74) is 1.47. The summed E-state index contributed by atoms with van der Waals surface area (Å²) in [7, 11) is 0. The van der Waals surface area contributed by atoms with Crippen molar-refractivity contribution in [3.8, 4) is 0 Å². The Morgan fingerprint density at radius 1 is 0.722 bits per heavy atom. The van der Waals surface area contributed by atoms with Crippen LogP contribution in [0, 0.1) is 0 Å². The first kappa shape index (κ1) is 14.2. The average Bonchev–Trinajstić information content (AvgIpc) is 2.36. The van der Waals surface area contributed by atoms with E-state index >= 15 is 0 Å². The van der Waals surface area contributed by atoms with Crippen LogP contribution in [-0.2, 0) is 6.42 Å². The minimum Gasteiger partial charge on any atom is -0.0776 e. The number of aryl methyl sites for hydroxylation is 1. The first-order chi connectivity index (χ1) is 7.90. The van der Waals surface area contributed by atoms with Gasteiger partial charge in [-0.2, -0.15) is 0 Å². The summed E-state index contributed by atoms with van der Waals surface area (Å²) >= 11 is 0. The molecule has 0 heterocycles. The second kappa shape index (κ2) is 5.68. The number of hydrogen-bond acceptors (Lipinski definition) is 0.